The molecule has 0 bridgehead atoms. The summed E-state index contributed by atoms with van der Waals surface area (Å²) in [4.78, 5) is 4.14. The summed E-state index contributed by atoms with van der Waals surface area (Å²) < 4.78 is 6.50. The molecule has 88 valence electrons. The summed E-state index contributed by atoms with van der Waals surface area (Å²) in [7, 11) is 0. The van der Waals surface area contributed by atoms with Gasteiger partial charge in [0, 0.05) is 6.20 Å². The van der Waals surface area contributed by atoms with Crippen LogP contribution in [0, 0.1) is 13.8 Å². The van der Waals surface area contributed by atoms with Gasteiger partial charge in [0.15, 0.2) is 0 Å². The fraction of sp³-hybridized carbons (Fsp3) is 0.154. The number of aryl methyl sites for hydroxylation is 1. The fourth-order valence-electron chi connectivity index (χ4n) is 1.42. The van der Waals surface area contributed by atoms with Gasteiger partial charge in [-0.3, -0.25) is 0 Å². The van der Waals surface area contributed by atoms with Gasteiger partial charge in [0.25, 0.3) is 0 Å². The van der Waals surface area contributed by atoms with Gasteiger partial charge in [0.2, 0.25) is 5.88 Å². The third-order valence-corrected chi connectivity index (χ3v) is 3.31. The topological polar surface area (TPSA) is 22.1 Å². The van der Waals surface area contributed by atoms with Crippen LogP contribution in [0.3, 0.4) is 0 Å². The Labute approximate surface area is 114 Å². The predicted octanol–water partition coefficient (Wildman–Crippen LogP) is 4.91. The maximum atomic E-state index is 5.83. The van der Waals surface area contributed by atoms with E-state index >= 15 is 0 Å². The smallest absolute Gasteiger partial charge is 0.233 e. The summed E-state index contributed by atoms with van der Waals surface area (Å²) in [6.07, 6.45) is 1.56. The van der Waals surface area contributed by atoms with Crippen molar-refractivity contribution in [2.24, 2.45) is 0 Å². The van der Waals surface area contributed by atoms with Crippen LogP contribution in [-0.2, 0) is 0 Å². The molecule has 1 heterocycles. The lowest BCUT2D eigenvalue weighted by molar-refractivity contribution is 0.456. The summed E-state index contributed by atoms with van der Waals surface area (Å²) in [5, 5.41) is 0.574. The van der Waals surface area contributed by atoms with Gasteiger partial charge in [0.05, 0.1) is 9.50 Å². The van der Waals surface area contributed by atoms with Crippen molar-refractivity contribution in [3.8, 4) is 11.6 Å². The Morgan fingerprint density at radius 3 is 2.76 bits per heavy atom. The molecule has 0 aliphatic heterocycles. The minimum absolute atomic E-state index is 0.517. The molecule has 2 aromatic rings. The minimum atomic E-state index is 0.517. The first-order chi connectivity index (χ1) is 8.08. The van der Waals surface area contributed by atoms with E-state index in [4.69, 9.17) is 16.3 Å². The van der Waals surface area contributed by atoms with E-state index in [1.165, 1.54) is 5.56 Å². The molecule has 17 heavy (non-hydrogen) atoms. The van der Waals surface area contributed by atoms with E-state index in [9.17, 15) is 0 Å². The highest BCUT2D eigenvalue weighted by Crippen LogP contribution is 2.31. The summed E-state index contributed by atoms with van der Waals surface area (Å²) in [6.45, 7) is 4.07. The van der Waals surface area contributed by atoms with Crippen LogP contribution in [0.2, 0.25) is 5.02 Å². The number of nitrogens with zero attached hydrogens (tertiary/aromatic N) is 1. The molecule has 0 unspecified atom stereocenters. The van der Waals surface area contributed by atoms with Crippen LogP contribution in [0.15, 0.2) is 34.9 Å². The van der Waals surface area contributed by atoms with Crippen molar-refractivity contribution in [3.63, 3.8) is 0 Å². The second-order valence-electron chi connectivity index (χ2n) is 3.74. The van der Waals surface area contributed by atoms with Gasteiger partial charge in [-0.25, -0.2) is 4.98 Å². The Morgan fingerprint density at radius 1 is 1.29 bits per heavy atom. The second kappa shape index (κ2) is 5.07. The molecule has 0 fully saturated rings. The van der Waals surface area contributed by atoms with Crippen molar-refractivity contribution < 1.29 is 4.74 Å². The molecule has 1 aromatic heterocycles. The highest BCUT2D eigenvalue weighted by Gasteiger charge is 2.08. The van der Waals surface area contributed by atoms with Crippen molar-refractivity contribution in [2.45, 2.75) is 13.8 Å². The van der Waals surface area contributed by atoms with Gasteiger partial charge >= 0.3 is 0 Å². The van der Waals surface area contributed by atoms with E-state index in [1.54, 1.807) is 12.3 Å². The van der Waals surface area contributed by atoms with Gasteiger partial charge < -0.3 is 4.74 Å². The Hall–Kier alpha value is -1.06. The molecular formula is C13H11BrClNO. The number of pyridine rings is 1. The van der Waals surface area contributed by atoms with Crippen LogP contribution in [0.5, 0.6) is 11.6 Å². The summed E-state index contributed by atoms with van der Waals surface area (Å²) >= 11 is 9.20. The molecule has 0 aliphatic rings. The first kappa shape index (κ1) is 12.4. The summed E-state index contributed by atoms with van der Waals surface area (Å²) in [5.41, 5.74) is 2.30. The first-order valence-corrected chi connectivity index (χ1v) is 6.30. The molecular weight excluding hydrogens is 302 g/mol. The Kier molecular flexibility index (Phi) is 3.69. The maximum Gasteiger partial charge on any atom is 0.233 e. The summed E-state index contributed by atoms with van der Waals surface area (Å²) in [5.74, 6) is 1.32. The highest BCUT2D eigenvalue weighted by atomic mass is 79.9. The SMILES string of the molecule is Cc1cccc(Oc2ncc(Cl)cc2Br)c1C. The van der Waals surface area contributed by atoms with E-state index in [0.717, 1.165) is 15.8 Å². The fourth-order valence-corrected chi connectivity index (χ4v) is 2.14. The van der Waals surface area contributed by atoms with Crippen molar-refractivity contribution in [3.05, 3.63) is 51.1 Å². The number of rotatable bonds is 2. The lowest BCUT2D eigenvalue weighted by atomic mass is 10.1. The molecule has 0 amide bonds. The Morgan fingerprint density at radius 2 is 2.06 bits per heavy atom. The molecule has 2 rings (SSSR count). The zero-order valence-electron chi connectivity index (χ0n) is 9.50. The van der Waals surface area contributed by atoms with E-state index in [1.807, 2.05) is 32.0 Å². The zero-order valence-corrected chi connectivity index (χ0v) is 11.8. The molecule has 2 nitrogen and oxygen atoms in total. The monoisotopic (exact) mass is 311 g/mol. The highest BCUT2D eigenvalue weighted by molar-refractivity contribution is 9.10. The average molecular weight is 313 g/mol. The Bertz CT molecular complexity index is 557. The van der Waals surface area contributed by atoms with E-state index in [-0.39, 0.29) is 0 Å². The molecule has 0 saturated carbocycles. The van der Waals surface area contributed by atoms with Crippen LogP contribution < -0.4 is 4.74 Å². The van der Waals surface area contributed by atoms with E-state index < -0.39 is 0 Å². The standard InChI is InChI=1S/C13H11BrClNO/c1-8-4-3-5-12(9(8)2)17-13-11(14)6-10(15)7-16-13/h3-7H,1-2H3. The second-order valence-corrected chi connectivity index (χ2v) is 5.03. The average Bonchev–Trinajstić information content (AvgIpc) is 2.28. The molecule has 0 spiro atoms. The van der Waals surface area contributed by atoms with Gasteiger partial charge in [-0.2, -0.15) is 0 Å². The minimum Gasteiger partial charge on any atom is -0.438 e. The third-order valence-electron chi connectivity index (χ3n) is 2.54. The summed E-state index contributed by atoms with van der Waals surface area (Å²) in [6, 6.07) is 7.69. The largest absolute Gasteiger partial charge is 0.438 e. The number of halogens is 2. The first-order valence-electron chi connectivity index (χ1n) is 5.13. The molecule has 0 N–H and O–H groups in total. The number of benzene rings is 1. The number of aromatic nitrogens is 1. The zero-order chi connectivity index (χ0) is 12.4. The quantitative estimate of drug-likeness (QED) is 0.786. The van der Waals surface area contributed by atoms with Crippen LogP contribution in [0.25, 0.3) is 0 Å². The Balaban J connectivity index is 2.35. The van der Waals surface area contributed by atoms with Crippen LogP contribution in [0.1, 0.15) is 11.1 Å². The molecule has 0 saturated heterocycles. The lowest BCUT2D eigenvalue weighted by Crippen LogP contribution is -1.92. The van der Waals surface area contributed by atoms with Gasteiger partial charge in [0.1, 0.15) is 5.75 Å². The number of hydrogen-bond acceptors (Lipinski definition) is 2. The number of ether oxygens (including phenoxy) is 1. The molecule has 1 aromatic carbocycles. The molecule has 0 radical (unpaired) electrons. The predicted molar refractivity (Wildman–Crippen MR) is 72.9 cm³/mol. The van der Waals surface area contributed by atoms with Crippen LogP contribution >= 0.6 is 27.5 Å². The van der Waals surface area contributed by atoms with Crippen molar-refractivity contribution >= 4 is 27.5 Å². The molecule has 0 aliphatic carbocycles. The van der Waals surface area contributed by atoms with Gasteiger partial charge in [-0.15, -0.1) is 0 Å². The molecule has 4 heteroatoms. The van der Waals surface area contributed by atoms with Crippen LogP contribution in [0.4, 0.5) is 0 Å². The van der Waals surface area contributed by atoms with Crippen molar-refractivity contribution in [1.82, 2.24) is 4.98 Å². The van der Waals surface area contributed by atoms with Crippen molar-refractivity contribution in [1.29, 1.82) is 0 Å². The maximum absolute atomic E-state index is 5.83. The normalized spacial score (nSPS) is 10.4. The van der Waals surface area contributed by atoms with E-state index in [2.05, 4.69) is 20.9 Å². The third kappa shape index (κ3) is 2.79. The van der Waals surface area contributed by atoms with Gasteiger partial charge in [-0.1, -0.05) is 23.7 Å². The van der Waals surface area contributed by atoms with Gasteiger partial charge in [-0.05, 0) is 53.0 Å². The van der Waals surface area contributed by atoms with Crippen molar-refractivity contribution in [2.75, 3.05) is 0 Å². The lowest BCUT2D eigenvalue weighted by Gasteiger charge is -2.10. The molecule has 0 atom stereocenters. The van der Waals surface area contributed by atoms with E-state index in [0.29, 0.717) is 10.9 Å². The van der Waals surface area contributed by atoms with Crippen LogP contribution in [-0.4, -0.2) is 4.98 Å². The number of hydrogen-bond donors (Lipinski definition) is 0.